The van der Waals surface area contributed by atoms with Gasteiger partial charge in [-0.05, 0) is 30.7 Å². The summed E-state index contributed by atoms with van der Waals surface area (Å²) in [7, 11) is -1.89. The van der Waals surface area contributed by atoms with Gasteiger partial charge in [0.15, 0.2) is 5.56 Å². The summed E-state index contributed by atoms with van der Waals surface area (Å²) in [5.41, 5.74) is -3.00. The van der Waals surface area contributed by atoms with E-state index in [0.29, 0.717) is 10.8 Å². The summed E-state index contributed by atoms with van der Waals surface area (Å²) in [6.07, 6.45) is 21.6. The molecule has 2 aromatic carbocycles. The average Bonchev–Trinajstić information content (AvgIpc) is 3.06. The number of carbonyl (C=O) groups is 1. The van der Waals surface area contributed by atoms with Gasteiger partial charge in [-0.15, -0.1) is 0 Å². The first-order valence-corrected chi connectivity index (χ1v) is 20.6. The number of alkyl halides is 3. The zero-order valence-electron chi connectivity index (χ0n) is 30.4. The van der Waals surface area contributed by atoms with Crippen LogP contribution in [0.15, 0.2) is 45.6 Å². The third-order valence-electron chi connectivity index (χ3n) is 9.01. The minimum atomic E-state index is -5.28. The van der Waals surface area contributed by atoms with Crippen molar-refractivity contribution in [3.05, 3.63) is 52.4 Å². The number of carbonyl (C=O) groups excluding carboxylic acids is 1. The molecule has 3 N–H and O–H groups in total. The number of Topliss-reactive ketones (excluding diaryl/α,β-unsaturated/α-hetero) is 1. The molecule has 0 atom stereocenters. The molecule has 0 spiro atoms. The Bertz CT molecular complexity index is 1440. The van der Waals surface area contributed by atoms with E-state index >= 15 is 0 Å². The van der Waals surface area contributed by atoms with E-state index in [-0.39, 0.29) is 65.8 Å². The first kappa shape index (κ1) is 48.9. The van der Waals surface area contributed by atoms with Gasteiger partial charge in [-0.2, -0.15) is 13.2 Å². The number of rotatable bonds is 22. The van der Waals surface area contributed by atoms with Crippen LogP contribution in [0.5, 0.6) is 5.75 Å². The molecule has 0 bridgehead atoms. The smallest absolute Gasteiger partial charge is 0.455 e. The molecular weight excluding hydrogens is 804 g/mol. The number of benzene rings is 2. The maximum absolute atomic E-state index is 13.5. The van der Waals surface area contributed by atoms with Crippen molar-refractivity contribution < 1.29 is 86.9 Å². The van der Waals surface area contributed by atoms with Crippen LogP contribution in [-0.4, -0.2) is 41.0 Å². The number of hydrogen-bond acceptors (Lipinski definition) is 5. The molecule has 0 fully saturated rings. The molecule has 0 aliphatic carbocycles. The van der Waals surface area contributed by atoms with Gasteiger partial charge in [-0.25, -0.2) is 4.79 Å². The Morgan fingerprint density at radius 3 is 1.54 bits per heavy atom. The Balaban J connectivity index is 0.000000930. The molecule has 3 rings (SSSR count). The number of halogens is 3. The van der Waals surface area contributed by atoms with Crippen LogP contribution in [0.25, 0.3) is 21.7 Å². The fourth-order valence-corrected chi connectivity index (χ4v) is 9.20. The molecule has 3 aromatic rings. The van der Waals surface area contributed by atoms with Gasteiger partial charge >= 0.3 is 11.8 Å². The third-order valence-corrected chi connectivity index (χ3v) is 12.4. The van der Waals surface area contributed by atoms with Crippen molar-refractivity contribution in [1.29, 1.82) is 0 Å². The Labute approximate surface area is 338 Å². The van der Waals surface area contributed by atoms with Crippen LogP contribution in [0.2, 0.25) is 0 Å². The van der Waals surface area contributed by atoms with Crippen molar-refractivity contribution >= 4 is 34.7 Å². The van der Waals surface area contributed by atoms with E-state index in [9.17, 15) is 32.4 Å². The van der Waals surface area contributed by atoms with Crippen LogP contribution >= 0.6 is 7.14 Å². The van der Waals surface area contributed by atoms with Crippen LogP contribution in [0.4, 0.5) is 13.2 Å². The normalized spacial score (nSPS) is 11.5. The summed E-state index contributed by atoms with van der Waals surface area (Å²) in [6.45, 7) is 6.82. The van der Waals surface area contributed by atoms with Gasteiger partial charge in [0.1, 0.15) is 11.3 Å². The second-order valence-corrected chi connectivity index (χ2v) is 16.6. The molecular formula is C39H60EuF3O6P. The molecule has 0 saturated carbocycles. The van der Waals surface area contributed by atoms with Crippen molar-refractivity contribution in [1.82, 2.24) is 0 Å². The van der Waals surface area contributed by atoms with Gasteiger partial charge in [-0.3, -0.25) is 4.79 Å². The van der Waals surface area contributed by atoms with E-state index in [1.54, 1.807) is 30.3 Å². The van der Waals surface area contributed by atoms with Crippen LogP contribution < -0.4 is 5.63 Å². The molecule has 50 heavy (non-hydrogen) atoms. The fraction of sp³-hybridized carbons (Fsp3) is 0.641. The van der Waals surface area contributed by atoms with Gasteiger partial charge in [0.25, 0.3) is 5.78 Å². The summed E-state index contributed by atoms with van der Waals surface area (Å²) in [5, 5.41) is 10.9. The summed E-state index contributed by atoms with van der Waals surface area (Å²) in [4.78, 5) is 23.0. The molecule has 285 valence electrons. The Morgan fingerprint density at radius 1 is 0.680 bits per heavy atom. The molecule has 0 aliphatic rings. The van der Waals surface area contributed by atoms with Gasteiger partial charge in [0.05, 0.1) is 12.5 Å². The largest absolute Gasteiger partial charge is 0.506 e. The standard InChI is InChI=1S/C24H51OP.C15H7F3O4.Eu.H2O/c1-4-7-10-13-16-19-22-26(25,23-20-17-14-11-8-5-2)24-21-18-15-12-9-6-3;16-15(17,18)13(20)10-11(19)9-6-5-7-3-1-2-4-8(7)12(9)22-14(10)21;;/h4-24H2,1-3H3;1-6,19H;;1H2. The second kappa shape index (κ2) is 26.7. The van der Waals surface area contributed by atoms with E-state index < -0.39 is 36.0 Å². The van der Waals surface area contributed by atoms with Crippen LogP contribution in [0.1, 0.15) is 147 Å². The van der Waals surface area contributed by atoms with E-state index in [2.05, 4.69) is 20.8 Å². The Morgan fingerprint density at radius 2 is 1.10 bits per heavy atom. The topological polar surface area (TPSA) is 116 Å². The second-order valence-electron chi connectivity index (χ2n) is 13.1. The maximum atomic E-state index is 13.5. The molecule has 11 heteroatoms. The summed E-state index contributed by atoms with van der Waals surface area (Å²) in [5.74, 6) is -3.46. The van der Waals surface area contributed by atoms with E-state index in [1.165, 1.54) is 122 Å². The molecule has 0 amide bonds. The van der Waals surface area contributed by atoms with Crippen LogP contribution in [-0.2, 0) is 4.57 Å². The van der Waals surface area contributed by atoms with Crippen molar-refractivity contribution in [3.63, 3.8) is 0 Å². The molecule has 1 heterocycles. The van der Waals surface area contributed by atoms with E-state index in [0.717, 1.165) is 18.5 Å². The predicted octanol–water partition coefficient (Wildman–Crippen LogP) is 12.0. The van der Waals surface area contributed by atoms with Gasteiger partial charge in [0.2, 0.25) is 0 Å². The number of aromatic hydroxyl groups is 1. The van der Waals surface area contributed by atoms with Gasteiger partial charge in [0, 0.05) is 73.2 Å². The van der Waals surface area contributed by atoms with Crippen LogP contribution in [0.3, 0.4) is 0 Å². The maximum Gasteiger partial charge on any atom is 0.455 e. The fourth-order valence-electron chi connectivity index (χ4n) is 6.13. The van der Waals surface area contributed by atoms with Gasteiger partial charge < -0.3 is 19.6 Å². The minimum Gasteiger partial charge on any atom is -0.506 e. The first-order chi connectivity index (χ1) is 23.0. The Kier molecular flexibility index (Phi) is 26.1. The van der Waals surface area contributed by atoms with Crippen molar-refractivity contribution in [2.24, 2.45) is 0 Å². The number of ketones is 1. The minimum absolute atomic E-state index is 0. The zero-order valence-corrected chi connectivity index (χ0v) is 33.7. The molecule has 0 aliphatic heterocycles. The van der Waals surface area contributed by atoms with Crippen molar-refractivity contribution in [2.75, 3.05) is 18.5 Å². The van der Waals surface area contributed by atoms with Crippen molar-refractivity contribution in [2.45, 2.75) is 143 Å². The summed E-state index contributed by atoms with van der Waals surface area (Å²) in [6, 6.07) is 9.51. The molecule has 0 unspecified atom stereocenters. The monoisotopic (exact) mass is 865 g/mol. The predicted molar refractivity (Wildman–Crippen MR) is 198 cm³/mol. The molecule has 6 nitrogen and oxygen atoms in total. The Hall–Kier alpha value is -1.06. The number of fused-ring (bicyclic) bond motifs is 3. The van der Waals surface area contributed by atoms with Crippen LogP contribution in [0, 0.1) is 49.4 Å². The number of hydrogen-bond donors (Lipinski definition) is 1. The van der Waals surface area contributed by atoms with Gasteiger partial charge in [-0.1, -0.05) is 147 Å². The zero-order chi connectivity index (χ0) is 35.4. The SMILES string of the molecule is CCCCCCCCP(=O)(CCCCCCCC)CCCCCCCC.O.O=C(c1c(O)c2ccc3ccccc3c2oc1=O)C(F)(F)F.[Eu]. The summed E-state index contributed by atoms with van der Waals surface area (Å²) < 4.78 is 55.9. The molecule has 1 aromatic heterocycles. The molecule has 0 saturated heterocycles. The average molecular weight is 865 g/mol. The molecule has 1 radical (unpaired) electrons. The van der Waals surface area contributed by atoms with E-state index in [1.807, 2.05) is 0 Å². The quantitative estimate of drug-likeness (QED) is 0.0355. The summed E-state index contributed by atoms with van der Waals surface area (Å²) >= 11 is 0. The van der Waals surface area contributed by atoms with Crippen molar-refractivity contribution in [3.8, 4) is 5.75 Å². The van der Waals surface area contributed by atoms with E-state index in [4.69, 9.17) is 4.42 Å². The number of unbranched alkanes of at least 4 members (excludes halogenated alkanes) is 15. The first-order valence-electron chi connectivity index (χ1n) is 18.3. The third kappa shape index (κ3) is 17.2.